The van der Waals surface area contributed by atoms with Gasteiger partial charge in [0.1, 0.15) is 0 Å². The van der Waals surface area contributed by atoms with E-state index in [4.69, 9.17) is 0 Å². The molecule has 0 unspecified atom stereocenters. The van der Waals surface area contributed by atoms with Gasteiger partial charge in [0.25, 0.3) is 0 Å². The van der Waals surface area contributed by atoms with Crippen molar-refractivity contribution >= 4 is 5.98 Å². The van der Waals surface area contributed by atoms with Gasteiger partial charge in [0, 0.05) is 0 Å². The Morgan fingerprint density at radius 3 is 1.78 bits per heavy atom. The van der Waals surface area contributed by atoms with E-state index in [9.17, 15) is 0 Å². The quantitative estimate of drug-likeness (QED) is 0.369. The average molecular weight is 536 g/mol. The number of hydrogen-bond acceptors (Lipinski definition) is 0. The molecule has 137 valence electrons. The van der Waals surface area contributed by atoms with Crippen LogP contribution < -0.4 is 0 Å². The summed E-state index contributed by atoms with van der Waals surface area (Å²) >= 11 is -1.52. The van der Waals surface area contributed by atoms with Crippen LogP contribution in [0.2, 0.25) is 13.1 Å². The molecular weight excluding hydrogens is 507 g/mol. The van der Waals surface area contributed by atoms with Crippen LogP contribution in [0.3, 0.4) is 0 Å². The normalized spacial score (nSPS) is 15.0. The van der Waals surface area contributed by atoms with E-state index >= 15 is 0 Å². The molecule has 0 radical (unpaired) electrons. The van der Waals surface area contributed by atoms with Gasteiger partial charge in [0.15, 0.2) is 0 Å². The van der Waals surface area contributed by atoms with Crippen molar-refractivity contribution in [2.45, 2.75) is 32.9 Å². The van der Waals surface area contributed by atoms with E-state index in [2.05, 4.69) is 98.9 Å². The Morgan fingerprint density at radius 2 is 1.37 bits per heavy atom. The molecule has 2 heteroatoms. The second-order valence-electron chi connectivity index (χ2n) is 7.39. The molecule has 2 aliphatic carbocycles. The molecule has 0 nitrogen and oxygen atoms in total. The SMILES string of the molecule is CC1=[C]([Hf]([C]2=CC=CC2)[SiH](C)C)CC=C1.c1ccc(-c2ccccc2)cc1. The molecule has 0 spiro atoms. The Morgan fingerprint density at radius 1 is 0.778 bits per heavy atom. The van der Waals surface area contributed by atoms with Crippen molar-refractivity contribution in [2.75, 3.05) is 0 Å². The maximum atomic E-state index is 2.57. The van der Waals surface area contributed by atoms with Gasteiger partial charge in [0.05, 0.1) is 0 Å². The molecule has 27 heavy (non-hydrogen) atoms. The largest absolute Gasteiger partial charge is 0.0622 e. The van der Waals surface area contributed by atoms with Crippen LogP contribution in [0.25, 0.3) is 11.1 Å². The summed E-state index contributed by atoms with van der Waals surface area (Å²) in [6.45, 7) is 7.46. The van der Waals surface area contributed by atoms with Gasteiger partial charge in [-0.1, -0.05) is 60.7 Å². The molecule has 0 N–H and O–H groups in total. The third kappa shape index (κ3) is 5.49. The minimum atomic E-state index is -1.52. The zero-order valence-corrected chi connectivity index (χ0v) is 21.4. The topological polar surface area (TPSA) is 0 Å². The van der Waals surface area contributed by atoms with Crippen LogP contribution in [-0.4, -0.2) is 5.98 Å². The van der Waals surface area contributed by atoms with Crippen LogP contribution in [0.4, 0.5) is 0 Å². The Balaban J connectivity index is 0.000000159. The molecule has 2 aromatic rings. The van der Waals surface area contributed by atoms with Gasteiger partial charge >= 0.3 is 102 Å². The Bertz CT molecular complexity index is 820. The maximum absolute atomic E-state index is 2.57. The molecule has 2 aromatic carbocycles. The first kappa shape index (κ1) is 20.2. The van der Waals surface area contributed by atoms with Gasteiger partial charge in [-0.3, -0.25) is 0 Å². The fourth-order valence-electron chi connectivity index (χ4n) is 3.76. The summed E-state index contributed by atoms with van der Waals surface area (Å²) in [4.78, 5) is 0. The smallest absolute Gasteiger partial charge is 0.0184 e. The molecule has 0 heterocycles. The van der Waals surface area contributed by atoms with Crippen molar-refractivity contribution in [3.8, 4) is 11.1 Å². The van der Waals surface area contributed by atoms with E-state index in [1.807, 2.05) is 18.8 Å². The van der Waals surface area contributed by atoms with Crippen LogP contribution >= 0.6 is 0 Å². The van der Waals surface area contributed by atoms with Crippen molar-refractivity contribution < 1.29 is 20.6 Å². The first-order valence-corrected chi connectivity index (χ1v) is 22.6. The molecule has 0 saturated heterocycles. The summed E-state index contributed by atoms with van der Waals surface area (Å²) in [6, 6.07) is 20.8. The molecular formula is C25H29HfSi. The number of hydrogen-bond donors (Lipinski definition) is 0. The summed E-state index contributed by atoms with van der Waals surface area (Å²) < 4.78 is 3.79. The first-order valence-electron chi connectivity index (χ1n) is 9.87. The summed E-state index contributed by atoms with van der Waals surface area (Å²) in [7, 11) is 0. The summed E-state index contributed by atoms with van der Waals surface area (Å²) in [5, 5.41) is 0. The Labute approximate surface area is 173 Å². The van der Waals surface area contributed by atoms with Crippen LogP contribution in [0.15, 0.2) is 103 Å². The van der Waals surface area contributed by atoms with E-state index in [1.165, 1.54) is 24.0 Å². The number of rotatable bonds is 4. The van der Waals surface area contributed by atoms with E-state index in [0.717, 1.165) is 0 Å². The predicted molar refractivity (Wildman–Crippen MR) is 119 cm³/mol. The molecule has 0 amide bonds. The maximum Gasteiger partial charge on any atom is -0.0184 e. The molecule has 0 saturated carbocycles. The second kappa shape index (κ2) is 10.1. The molecule has 0 bridgehead atoms. The van der Waals surface area contributed by atoms with Gasteiger partial charge in [-0.15, -0.1) is 0 Å². The third-order valence-corrected chi connectivity index (χ3v) is 32.9. The van der Waals surface area contributed by atoms with Gasteiger partial charge < -0.3 is 0 Å². The standard InChI is InChI=1S/C12H10.C6H7.C5H5.C2H7Si.Hf/c1-3-7-11(8-4-1)12-9-5-2-6-10-12;1-6-4-2-3-5-6;1-2-4-5-3-1;1-3-2;/h1-10H;2,4H,3H2,1H3;1-3H,4H2;3H,1-2H3;. The van der Waals surface area contributed by atoms with E-state index in [1.54, 1.807) is 5.57 Å². The van der Waals surface area contributed by atoms with E-state index < -0.39 is 26.6 Å². The molecule has 4 rings (SSSR count). The summed E-state index contributed by atoms with van der Waals surface area (Å²) in [6.07, 6.45) is 14.3. The zero-order valence-electron chi connectivity index (χ0n) is 16.7. The van der Waals surface area contributed by atoms with E-state index in [0.29, 0.717) is 0 Å². The van der Waals surface area contributed by atoms with Gasteiger partial charge in [-0.25, -0.2) is 0 Å². The van der Waals surface area contributed by atoms with Crippen molar-refractivity contribution in [3.05, 3.63) is 103 Å². The summed E-state index contributed by atoms with van der Waals surface area (Å²) in [5.41, 5.74) is 4.17. The van der Waals surface area contributed by atoms with Gasteiger partial charge in [0.2, 0.25) is 0 Å². The average Bonchev–Trinajstić information content (AvgIpc) is 3.37. The van der Waals surface area contributed by atoms with Crippen molar-refractivity contribution in [1.29, 1.82) is 0 Å². The predicted octanol–water partition coefficient (Wildman–Crippen LogP) is 7.02. The minimum Gasteiger partial charge on any atom is -0.0622 e. The van der Waals surface area contributed by atoms with Crippen molar-refractivity contribution in [3.63, 3.8) is 0 Å². The van der Waals surface area contributed by atoms with Crippen LogP contribution in [-0.2, 0) is 20.6 Å². The monoisotopic (exact) mass is 537 g/mol. The summed E-state index contributed by atoms with van der Waals surface area (Å²) in [5.74, 6) is -0.423. The molecule has 0 atom stereocenters. The minimum absolute atomic E-state index is 0.423. The van der Waals surface area contributed by atoms with Crippen LogP contribution in [0.1, 0.15) is 19.8 Å². The fourth-order valence-corrected chi connectivity index (χ4v) is 31.9. The second-order valence-corrected chi connectivity index (χ2v) is 34.3. The zero-order chi connectivity index (χ0) is 19.1. The molecule has 0 aliphatic heterocycles. The van der Waals surface area contributed by atoms with Crippen LogP contribution in [0, 0.1) is 0 Å². The van der Waals surface area contributed by atoms with Crippen molar-refractivity contribution in [2.24, 2.45) is 0 Å². The third-order valence-electron chi connectivity index (χ3n) is 5.07. The molecule has 2 aliphatic rings. The Hall–Kier alpha value is -1.51. The molecule has 0 aromatic heterocycles. The van der Waals surface area contributed by atoms with Gasteiger partial charge in [-0.2, -0.15) is 0 Å². The van der Waals surface area contributed by atoms with Crippen molar-refractivity contribution in [1.82, 2.24) is 0 Å². The fraction of sp³-hybridized carbons (Fsp3) is 0.200. The van der Waals surface area contributed by atoms with E-state index in [-0.39, 0.29) is 0 Å². The van der Waals surface area contributed by atoms with Gasteiger partial charge in [-0.05, 0) is 11.1 Å². The molecule has 0 fully saturated rings. The van der Waals surface area contributed by atoms with Crippen LogP contribution in [0.5, 0.6) is 0 Å². The first-order chi connectivity index (χ1) is 13.2. The Kier molecular flexibility index (Phi) is 7.60. The number of allylic oxidation sites excluding steroid dienone is 8. The number of benzene rings is 2.